The number of carbonyl (C=O) groups is 1. The molecule has 20 heavy (non-hydrogen) atoms. The smallest absolute Gasteiger partial charge is 0.169 e. The Morgan fingerprint density at radius 3 is 2.10 bits per heavy atom. The van der Waals surface area contributed by atoms with E-state index in [0.717, 1.165) is 0 Å². The average Bonchev–Trinajstić information content (AvgIpc) is 2.94. The van der Waals surface area contributed by atoms with Crippen molar-refractivity contribution in [3.63, 3.8) is 0 Å². The Kier molecular flexibility index (Phi) is 6.33. The number of hydrogen-bond donors (Lipinski definition) is 1. The number of ether oxygens (including phenoxy) is 2. The van der Waals surface area contributed by atoms with E-state index in [1.807, 2.05) is 18.2 Å². The van der Waals surface area contributed by atoms with Crippen molar-refractivity contribution in [3.05, 3.63) is 35.9 Å². The van der Waals surface area contributed by atoms with Crippen molar-refractivity contribution >= 4 is 5.78 Å². The molecule has 0 radical (unpaired) electrons. The molecule has 1 aliphatic rings. The molecule has 1 heterocycles. The van der Waals surface area contributed by atoms with Gasteiger partial charge in [0.25, 0.3) is 0 Å². The lowest BCUT2D eigenvalue weighted by molar-refractivity contribution is -0.156. The molecule has 2 N–H and O–H groups in total. The highest BCUT2D eigenvalue weighted by atomic mass is 16.7. The third-order valence-electron chi connectivity index (χ3n) is 3.20. The van der Waals surface area contributed by atoms with Gasteiger partial charge in [-0.05, 0) is 27.7 Å². The number of benzene rings is 1. The highest BCUT2D eigenvalue weighted by molar-refractivity contribution is 5.88. The maximum Gasteiger partial charge on any atom is 0.169 e. The summed E-state index contributed by atoms with van der Waals surface area (Å²) in [5, 5.41) is 0. The van der Waals surface area contributed by atoms with E-state index in [1.54, 1.807) is 20.8 Å². The lowest BCUT2D eigenvalue weighted by atomic mass is 9.84. The third-order valence-corrected chi connectivity index (χ3v) is 3.20. The van der Waals surface area contributed by atoms with Gasteiger partial charge < -0.3 is 15.2 Å². The SMILES string of the molecule is CC(N)C(=O)C(C)(C)C1OCCO1.Cc1ccccc1. The fraction of sp³-hybridized carbons (Fsp3) is 0.562. The van der Waals surface area contributed by atoms with Crippen LogP contribution in [0.15, 0.2) is 30.3 Å². The van der Waals surface area contributed by atoms with Gasteiger partial charge in [-0.3, -0.25) is 4.79 Å². The zero-order valence-electron chi connectivity index (χ0n) is 12.8. The summed E-state index contributed by atoms with van der Waals surface area (Å²) in [6.45, 7) is 8.48. The Bertz CT molecular complexity index is 409. The second kappa shape index (κ2) is 7.53. The number of Topliss-reactive ketones (excluding diaryl/α,β-unsaturated/α-hetero) is 1. The van der Waals surface area contributed by atoms with Gasteiger partial charge in [0.2, 0.25) is 0 Å². The van der Waals surface area contributed by atoms with Gasteiger partial charge in [0.15, 0.2) is 12.1 Å². The topological polar surface area (TPSA) is 61.6 Å². The molecule has 1 saturated heterocycles. The van der Waals surface area contributed by atoms with E-state index in [2.05, 4.69) is 19.1 Å². The van der Waals surface area contributed by atoms with Crippen molar-refractivity contribution < 1.29 is 14.3 Å². The number of aryl methyl sites for hydroxylation is 1. The summed E-state index contributed by atoms with van der Waals surface area (Å²) in [5.74, 6) is -0.0283. The summed E-state index contributed by atoms with van der Waals surface area (Å²) in [5.41, 5.74) is 6.20. The second-order valence-electron chi connectivity index (χ2n) is 5.60. The van der Waals surface area contributed by atoms with Crippen LogP contribution in [0.4, 0.5) is 0 Å². The maximum absolute atomic E-state index is 11.7. The molecule has 4 heteroatoms. The molecular weight excluding hydrogens is 254 g/mol. The van der Waals surface area contributed by atoms with Gasteiger partial charge in [-0.2, -0.15) is 0 Å². The van der Waals surface area contributed by atoms with Gasteiger partial charge in [0.1, 0.15) is 0 Å². The van der Waals surface area contributed by atoms with Crippen molar-refractivity contribution in [1.29, 1.82) is 0 Å². The number of carbonyl (C=O) groups excluding carboxylic acids is 1. The van der Waals surface area contributed by atoms with E-state index in [-0.39, 0.29) is 5.78 Å². The number of hydrogen-bond acceptors (Lipinski definition) is 4. The minimum Gasteiger partial charge on any atom is -0.349 e. The number of ketones is 1. The Hall–Kier alpha value is -1.23. The highest BCUT2D eigenvalue weighted by Gasteiger charge is 2.41. The normalized spacial score (nSPS) is 17.2. The molecule has 112 valence electrons. The number of nitrogens with two attached hydrogens (primary N) is 1. The largest absolute Gasteiger partial charge is 0.349 e. The molecule has 4 nitrogen and oxygen atoms in total. The van der Waals surface area contributed by atoms with E-state index in [1.165, 1.54) is 5.56 Å². The third kappa shape index (κ3) is 4.71. The van der Waals surface area contributed by atoms with E-state index < -0.39 is 17.7 Å². The molecule has 0 saturated carbocycles. The van der Waals surface area contributed by atoms with Gasteiger partial charge in [0, 0.05) is 0 Å². The Morgan fingerprint density at radius 2 is 1.75 bits per heavy atom. The fourth-order valence-corrected chi connectivity index (χ4v) is 2.01. The first-order valence-electron chi connectivity index (χ1n) is 6.90. The van der Waals surface area contributed by atoms with Crippen LogP contribution in [-0.4, -0.2) is 31.3 Å². The van der Waals surface area contributed by atoms with Crippen LogP contribution in [0.2, 0.25) is 0 Å². The average molecular weight is 279 g/mol. The summed E-state index contributed by atoms with van der Waals surface area (Å²) in [4.78, 5) is 11.7. The van der Waals surface area contributed by atoms with Crippen LogP contribution in [0.3, 0.4) is 0 Å². The summed E-state index contributed by atoms with van der Waals surface area (Å²) in [6, 6.07) is 9.79. The number of rotatable bonds is 3. The Labute approximate surface area is 121 Å². The molecule has 1 unspecified atom stereocenters. The summed E-state index contributed by atoms with van der Waals surface area (Å²) >= 11 is 0. The molecule has 0 bridgehead atoms. The minimum absolute atomic E-state index is 0.0283. The van der Waals surface area contributed by atoms with Gasteiger partial charge in [-0.15, -0.1) is 0 Å². The minimum atomic E-state index is -0.648. The van der Waals surface area contributed by atoms with Gasteiger partial charge in [-0.1, -0.05) is 35.9 Å². The van der Waals surface area contributed by atoms with E-state index in [4.69, 9.17) is 15.2 Å². The van der Waals surface area contributed by atoms with E-state index >= 15 is 0 Å². The van der Waals surface area contributed by atoms with Crippen LogP contribution >= 0.6 is 0 Å². The van der Waals surface area contributed by atoms with Gasteiger partial charge in [0.05, 0.1) is 24.7 Å². The first kappa shape index (κ1) is 16.8. The second-order valence-corrected chi connectivity index (χ2v) is 5.60. The van der Waals surface area contributed by atoms with Crippen LogP contribution in [-0.2, 0) is 14.3 Å². The Balaban J connectivity index is 0.000000240. The molecule has 1 aliphatic heterocycles. The molecule has 0 amide bonds. The molecule has 1 aromatic carbocycles. The Morgan fingerprint density at radius 1 is 1.25 bits per heavy atom. The van der Waals surface area contributed by atoms with Crippen molar-refractivity contribution in [2.45, 2.75) is 40.0 Å². The van der Waals surface area contributed by atoms with Gasteiger partial charge in [-0.25, -0.2) is 0 Å². The summed E-state index contributed by atoms with van der Waals surface area (Å²) < 4.78 is 10.6. The first-order chi connectivity index (χ1) is 9.35. The zero-order chi connectivity index (χ0) is 15.2. The van der Waals surface area contributed by atoms with Crippen LogP contribution in [0, 0.1) is 12.3 Å². The van der Waals surface area contributed by atoms with Crippen LogP contribution in [0.5, 0.6) is 0 Å². The van der Waals surface area contributed by atoms with Crippen LogP contribution < -0.4 is 5.73 Å². The molecule has 1 aromatic rings. The molecule has 0 aromatic heterocycles. The maximum atomic E-state index is 11.7. The standard InChI is InChI=1S/C9H17NO3.C7H8/c1-6(10)7(11)9(2,3)8-12-4-5-13-8;1-7-5-3-2-4-6-7/h6,8H,4-5,10H2,1-3H3;2-6H,1H3. The lowest BCUT2D eigenvalue weighted by Crippen LogP contribution is -2.45. The fourth-order valence-electron chi connectivity index (χ4n) is 2.01. The molecule has 1 atom stereocenters. The first-order valence-corrected chi connectivity index (χ1v) is 6.90. The quantitative estimate of drug-likeness (QED) is 0.922. The summed E-state index contributed by atoms with van der Waals surface area (Å²) in [7, 11) is 0. The molecule has 2 rings (SSSR count). The van der Waals surface area contributed by atoms with Crippen molar-refractivity contribution in [2.24, 2.45) is 11.1 Å². The molecule has 1 fully saturated rings. The predicted molar refractivity (Wildman–Crippen MR) is 79.3 cm³/mol. The lowest BCUT2D eigenvalue weighted by Gasteiger charge is -2.29. The van der Waals surface area contributed by atoms with Crippen LogP contribution in [0.25, 0.3) is 0 Å². The highest BCUT2D eigenvalue weighted by Crippen LogP contribution is 2.29. The van der Waals surface area contributed by atoms with Gasteiger partial charge >= 0.3 is 0 Å². The molecular formula is C16H25NO3. The van der Waals surface area contributed by atoms with E-state index in [9.17, 15) is 4.79 Å². The summed E-state index contributed by atoms with van der Waals surface area (Å²) in [6.07, 6.45) is -0.439. The molecule has 0 spiro atoms. The van der Waals surface area contributed by atoms with E-state index in [0.29, 0.717) is 13.2 Å². The van der Waals surface area contributed by atoms with Crippen molar-refractivity contribution in [3.8, 4) is 0 Å². The zero-order valence-corrected chi connectivity index (χ0v) is 12.8. The predicted octanol–water partition coefficient (Wildman–Crippen LogP) is 2.30. The molecule has 0 aliphatic carbocycles. The van der Waals surface area contributed by atoms with Crippen molar-refractivity contribution in [1.82, 2.24) is 0 Å². The van der Waals surface area contributed by atoms with Crippen molar-refractivity contribution in [2.75, 3.05) is 13.2 Å². The van der Waals surface area contributed by atoms with Crippen LogP contribution in [0.1, 0.15) is 26.3 Å². The monoisotopic (exact) mass is 279 g/mol.